The summed E-state index contributed by atoms with van der Waals surface area (Å²) >= 11 is 7.89. The van der Waals surface area contributed by atoms with Gasteiger partial charge in [0.25, 0.3) is 5.91 Å². The second kappa shape index (κ2) is 8.29. The van der Waals surface area contributed by atoms with Gasteiger partial charge in [0.2, 0.25) is 5.91 Å². The number of anilines is 1. The molecule has 1 saturated heterocycles. The van der Waals surface area contributed by atoms with Crippen molar-refractivity contribution in [3.05, 3.63) is 52.5 Å². The lowest BCUT2D eigenvalue weighted by Gasteiger charge is -2.27. The van der Waals surface area contributed by atoms with Crippen molar-refractivity contribution in [1.29, 1.82) is 0 Å². The van der Waals surface area contributed by atoms with E-state index in [2.05, 4.69) is 25.6 Å². The van der Waals surface area contributed by atoms with Crippen LogP contribution in [-0.4, -0.2) is 56.3 Å². The van der Waals surface area contributed by atoms with Crippen LogP contribution in [0.2, 0.25) is 5.02 Å². The number of halogens is 1. The van der Waals surface area contributed by atoms with E-state index in [0.29, 0.717) is 40.5 Å². The zero-order valence-electron chi connectivity index (χ0n) is 17.0. The molecule has 11 heteroatoms. The summed E-state index contributed by atoms with van der Waals surface area (Å²) in [5.74, 6) is 0.0791. The second-order valence-electron chi connectivity index (χ2n) is 7.40. The Hall–Kier alpha value is -3.37. The Bertz CT molecular complexity index is 1360. The highest BCUT2D eigenvalue weighted by atomic mass is 35.5. The maximum Gasteiger partial charge on any atom is 0.273 e. The zero-order valence-corrected chi connectivity index (χ0v) is 18.6. The molecule has 0 spiro atoms. The lowest BCUT2D eigenvalue weighted by molar-refractivity contribution is -0.123. The number of aromatic nitrogens is 4. The summed E-state index contributed by atoms with van der Waals surface area (Å²) in [6.45, 7) is 2.75. The lowest BCUT2D eigenvalue weighted by Crippen LogP contribution is -2.50. The number of carbonyl (C=O) groups is 2. The molecule has 9 nitrogen and oxygen atoms in total. The fourth-order valence-corrected chi connectivity index (χ4v) is 4.60. The molecule has 2 N–H and O–H groups in total. The third-order valence-corrected chi connectivity index (χ3v) is 6.33. The third-order valence-electron chi connectivity index (χ3n) is 5.29. The van der Waals surface area contributed by atoms with Gasteiger partial charge < -0.3 is 15.5 Å². The van der Waals surface area contributed by atoms with Gasteiger partial charge in [-0.2, -0.15) is 0 Å². The van der Waals surface area contributed by atoms with Crippen LogP contribution in [0.1, 0.15) is 29.1 Å². The Morgan fingerprint density at radius 2 is 2.19 bits per heavy atom. The predicted molar refractivity (Wildman–Crippen MR) is 123 cm³/mol. The molecule has 0 unspecified atom stereocenters. The normalized spacial score (nSPS) is 15.1. The maximum atomic E-state index is 13.4. The highest BCUT2D eigenvalue weighted by Crippen LogP contribution is 2.31. The van der Waals surface area contributed by atoms with Gasteiger partial charge in [-0.1, -0.05) is 23.7 Å². The standard InChI is InChI=1S/C21H18ClN7O2S/c1-11(27-19-18-20(25-9-24-19)32-10-26-18)14-7-12-3-2-4-13(22)16(12)17(28-14)21(31)29-6-5-23-15(30)8-29/h2-4,7,9-11H,5-6,8H2,1H3,(H,23,30)(H,24,25,27)/t11-/m0/s1. The van der Waals surface area contributed by atoms with Gasteiger partial charge in [-0.05, 0) is 24.4 Å². The van der Waals surface area contributed by atoms with E-state index >= 15 is 0 Å². The molecule has 4 aromatic rings. The number of benzene rings is 1. The number of amides is 2. The van der Waals surface area contributed by atoms with Crippen molar-refractivity contribution in [3.63, 3.8) is 0 Å². The van der Waals surface area contributed by atoms with Crippen LogP contribution in [-0.2, 0) is 4.79 Å². The quantitative estimate of drug-likeness (QED) is 0.474. The molecule has 1 fully saturated rings. The van der Waals surface area contributed by atoms with Gasteiger partial charge in [0.05, 0.1) is 28.8 Å². The molecule has 1 atom stereocenters. The minimum atomic E-state index is -0.323. The molecule has 3 aromatic heterocycles. The van der Waals surface area contributed by atoms with Crippen molar-refractivity contribution < 1.29 is 9.59 Å². The SMILES string of the molecule is C[C@H](Nc1ncnc2scnc12)c1cc2cccc(Cl)c2c(C(=O)N2CCNC(=O)C2)n1. The fourth-order valence-electron chi connectivity index (χ4n) is 3.70. The number of hydrogen-bond donors (Lipinski definition) is 2. The molecular weight excluding hydrogens is 450 g/mol. The van der Waals surface area contributed by atoms with Crippen molar-refractivity contribution in [2.75, 3.05) is 25.0 Å². The number of hydrogen-bond acceptors (Lipinski definition) is 8. The van der Waals surface area contributed by atoms with Gasteiger partial charge in [0, 0.05) is 18.5 Å². The highest BCUT2D eigenvalue weighted by Gasteiger charge is 2.27. The van der Waals surface area contributed by atoms with E-state index in [1.54, 1.807) is 11.6 Å². The number of nitrogens with one attached hydrogen (secondary N) is 2. The molecule has 4 heterocycles. The molecule has 0 bridgehead atoms. The van der Waals surface area contributed by atoms with E-state index in [0.717, 1.165) is 10.2 Å². The first-order valence-corrected chi connectivity index (χ1v) is 11.2. The molecule has 1 aromatic carbocycles. The van der Waals surface area contributed by atoms with Crippen LogP contribution < -0.4 is 10.6 Å². The zero-order chi connectivity index (χ0) is 22.2. The van der Waals surface area contributed by atoms with E-state index in [1.807, 2.05) is 25.1 Å². The summed E-state index contributed by atoms with van der Waals surface area (Å²) in [5, 5.41) is 7.86. The first kappa shape index (κ1) is 20.5. The van der Waals surface area contributed by atoms with Gasteiger partial charge in [-0.15, -0.1) is 11.3 Å². The van der Waals surface area contributed by atoms with Gasteiger partial charge in [-0.3, -0.25) is 9.59 Å². The summed E-state index contributed by atoms with van der Waals surface area (Å²) in [5.41, 5.74) is 3.28. The minimum Gasteiger partial charge on any atom is -0.360 e. The lowest BCUT2D eigenvalue weighted by atomic mass is 10.0. The van der Waals surface area contributed by atoms with Crippen LogP contribution in [0, 0.1) is 0 Å². The number of pyridine rings is 1. The molecule has 0 aliphatic carbocycles. The average Bonchev–Trinajstić information content (AvgIpc) is 3.28. The monoisotopic (exact) mass is 467 g/mol. The smallest absolute Gasteiger partial charge is 0.273 e. The average molecular weight is 468 g/mol. The molecule has 0 radical (unpaired) electrons. The largest absolute Gasteiger partial charge is 0.360 e. The van der Waals surface area contributed by atoms with E-state index in [9.17, 15) is 9.59 Å². The number of thiazole rings is 1. The Balaban J connectivity index is 1.56. The molecule has 1 aliphatic rings. The topological polar surface area (TPSA) is 113 Å². The number of fused-ring (bicyclic) bond motifs is 2. The van der Waals surface area contributed by atoms with E-state index in [1.165, 1.54) is 22.6 Å². The van der Waals surface area contributed by atoms with Crippen molar-refractivity contribution >= 4 is 61.7 Å². The van der Waals surface area contributed by atoms with Crippen molar-refractivity contribution in [2.45, 2.75) is 13.0 Å². The molecule has 32 heavy (non-hydrogen) atoms. The fraction of sp³-hybridized carbons (Fsp3) is 0.238. The molecule has 2 amide bonds. The summed E-state index contributed by atoms with van der Waals surface area (Å²) in [6, 6.07) is 7.07. The summed E-state index contributed by atoms with van der Waals surface area (Å²) in [6.07, 6.45) is 1.49. The number of piperazine rings is 1. The van der Waals surface area contributed by atoms with Crippen LogP contribution in [0.5, 0.6) is 0 Å². The van der Waals surface area contributed by atoms with Crippen LogP contribution >= 0.6 is 22.9 Å². The third kappa shape index (κ3) is 3.71. The molecule has 1 aliphatic heterocycles. The molecule has 162 valence electrons. The maximum absolute atomic E-state index is 13.4. The van der Waals surface area contributed by atoms with E-state index < -0.39 is 0 Å². The summed E-state index contributed by atoms with van der Waals surface area (Å²) < 4.78 is 0. The Morgan fingerprint density at radius 1 is 1.31 bits per heavy atom. The van der Waals surface area contributed by atoms with Gasteiger partial charge in [0.1, 0.15) is 22.4 Å². The van der Waals surface area contributed by atoms with Gasteiger partial charge in [0.15, 0.2) is 5.82 Å². The summed E-state index contributed by atoms with van der Waals surface area (Å²) in [4.78, 5) is 45.0. The number of carbonyl (C=O) groups excluding carboxylic acids is 2. The first-order valence-electron chi connectivity index (χ1n) is 9.97. The van der Waals surface area contributed by atoms with Crippen molar-refractivity contribution in [2.24, 2.45) is 0 Å². The molecule has 0 saturated carbocycles. The second-order valence-corrected chi connectivity index (χ2v) is 8.65. The number of nitrogens with zero attached hydrogens (tertiary/aromatic N) is 5. The minimum absolute atomic E-state index is 0.00671. The van der Waals surface area contributed by atoms with Crippen molar-refractivity contribution in [1.82, 2.24) is 30.2 Å². The summed E-state index contributed by atoms with van der Waals surface area (Å²) in [7, 11) is 0. The van der Waals surface area contributed by atoms with Gasteiger partial charge >= 0.3 is 0 Å². The van der Waals surface area contributed by atoms with Gasteiger partial charge in [-0.25, -0.2) is 19.9 Å². The van der Waals surface area contributed by atoms with E-state index in [4.69, 9.17) is 16.6 Å². The Labute approximate surface area is 191 Å². The first-order chi connectivity index (χ1) is 15.5. The molecule has 5 rings (SSSR count). The van der Waals surface area contributed by atoms with Crippen molar-refractivity contribution in [3.8, 4) is 0 Å². The van der Waals surface area contributed by atoms with Crippen LogP contribution in [0.15, 0.2) is 36.1 Å². The predicted octanol–water partition coefficient (Wildman–Crippen LogP) is 3.03. The number of rotatable bonds is 4. The Morgan fingerprint density at radius 3 is 3.03 bits per heavy atom. The van der Waals surface area contributed by atoms with E-state index in [-0.39, 0.29) is 30.1 Å². The highest BCUT2D eigenvalue weighted by molar-refractivity contribution is 7.16. The van der Waals surface area contributed by atoms with Crippen LogP contribution in [0.3, 0.4) is 0 Å². The molecular formula is C21H18ClN7O2S. The van der Waals surface area contributed by atoms with Crippen LogP contribution in [0.25, 0.3) is 21.1 Å². The Kier molecular flexibility index (Phi) is 5.32. The van der Waals surface area contributed by atoms with Crippen LogP contribution in [0.4, 0.5) is 5.82 Å².